The van der Waals surface area contributed by atoms with E-state index in [1.165, 1.54) is 0 Å². The quantitative estimate of drug-likeness (QED) is 0.584. The van der Waals surface area contributed by atoms with Crippen LogP contribution in [0.4, 0.5) is 0 Å². The Kier molecular flexibility index (Phi) is 4.04. The Morgan fingerprint density at radius 3 is 2.19 bits per heavy atom. The summed E-state index contributed by atoms with van der Waals surface area (Å²) < 4.78 is 4.39. The van der Waals surface area contributed by atoms with Crippen molar-refractivity contribution in [3.05, 3.63) is 0 Å². The maximum absolute atomic E-state index is 11.3. The first-order valence-corrected chi connectivity index (χ1v) is 5.41. The molecule has 1 rings (SSSR count). The lowest BCUT2D eigenvalue weighted by Crippen LogP contribution is -2.36. The molecule has 0 unspecified atom stereocenters. The monoisotopic (exact) mass is 228 g/mol. The van der Waals surface area contributed by atoms with Gasteiger partial charge in [-0.3, -0.25) is 14.4 Å². The van der Waals surface area contributed by atoms with Crippen molar-refractivity contribution in [3.63, 3.8) is 0 Å². The van der Waals surface area contributed by atoms with E-state index < -0.39 is 23.3 Å². The first-order valence-electron chi connectivity index (χ1n) is 5.41. The van der Waals surface area contributed by atoms with Crippen LogP contribution in [0.15, 0.2) is 0 Å². The minimum absolute atomic E-state index is 0.206. The molecule has 16 heavy (non-hydrogen) atoms. The van der Waals surface area contributed by atoms with Crippen molar-refractivity contribution in [3.8, 4) is 0 Å². The highest BCUT2D eigenvalue weighted by atomic mass is 16.6. The smallest absolute Gasteiger partial charge is 0.314 e. The lowest BCUT2D eigenvalue weighted by atomic mass is 9.72. The van der Waals surface area contributed by atoms with Gasteiger partial charge in [0.1, 0.15) is 0 Å². The fourth-order valence-corrected chi connectivity index (χ4v) is 2.17. The Balaban J connectivity index is 2.67. The zero-order chi connectivity index (χ0) is 12.2. The maximum atomic E-state index is 11.3. The highest BCUT2D eigenvalue weighted by Gasteiger charge is 2.42. The van der Waals surface area contributed by atoms with Crippen LogP contribution < -0.4 is 0 Å². The number of hydrogen-bond donors (Lipinski definition) is 1. The van der Waals surface area contributed by atoms with Gasteiger partial charge in [-0.15, -0.1) is 0 Å². The van der Waals surface area contributed by atoms with Gasteiger partial charge in [-0.1, -0.05) is 19.3 Å². The fourth-order valence-electron chi connectivity index (χ4n) is 2.17. The van der Waals surface area contributed by atoms with E-state index in [-0.39, 0.29) is 6.42 Å². The third-order valence-electron chi connectivity index (χ3n) is 3.00. The molecule has 1 aliphatic rings. The molecular weight excluding hydrogens is 212 g/mol. The zero-order valence-electron chi connectivity index (χ0n) is 9.32. The van der Waals surface area contributed by atoms with Crippen LogP contribution in [0, 0.1) is 5.41 Å². The normalized spacial score (nSPS) is 18.8. The fraction of sp³-hybridized carbons (Fsp3) is 0.727. The molecule has 0 radical (unpaired) electrons. The summed E-state index contributed by atoms with van der Waals surface area (Å²) in [6.45, 7) is 1.13. The number of carboxylic acid groups (broad SMARTS) is 1. The lowest BCUT2D eigenvalue weighted by Gasteiger charge is -2.31. The predicted octanol–water partition coefficient (Wildman–Crippen LogP) is 1.50. The minimum atomic E-state index is -1.02. The molecule has 1 aliphatic carbocycles. The number of esters is 2. The van der Waals surface area contributed by atoms with Crippen LogP contribution in [0.1, 0.15) is 45.4 Å². The number of carbonyl (C=O) groups is 3. The first kappa shape index (κ1) is 12.7. The topological polar surface area (TPSA) is 80.7 Å². The molecule has 0 amide bonds. The first-order chi connectivity index (χ1) is 7.46. The van der Waals surface area contributed by atoms with E-state index in [9.17, 15) is 19.5 Å². The summed E-state index contributed by atoms with van der Waals surface area (Å²) in [5.41, 5.74) is -1.02. The van der Waals surface area contributed by atoms with E-state index in [1.807, 2.05) is 0 Å². The molecule has 0 spiro atoms. The van der Waals surface area contributed by atoms with Crippen LogP contribution in [0.25, 0.3) is 0 Å². The molecule has 0 heterocycles. The van der Waals surface area contributed by atoms with Gasteiger partial charge >= 0.3 is 17.9 Å². The lowest BCUT2D eigenvalue weighted by molar-refractivity contribution is -0.166. The second kappa shape index (κ2) is 5.09. The standard InChI is InChI=1S/C11H16O5/c1-8(12)16-9(13)7-11(10(14)15)5-3-2-4-6-11/h2-7H2,1H3,(H,14,15). The van der Waals surface area contributed by atoms with Gasteiger partial charge in [-0.2, -0.15) is 0 Å². The molecule has 5 nitrogen and oxygen atoms in total. The number of ether oxygens (including phenoxy) is 1. The van der Waals surface area contributed by atoms with Gasteiger partial charge in [0.05, 0.1) is 11.8 Å². The Morgan fingerprint density at radius 1 is 1.19 bits per heavy atom. The van der Waals surface area contributed by atoms with Crippen LogP contribution in [0.3, 0.4) is 0 Å². The Labute approximate surface area is 93.8 Å². The molecule has 0 atom stereocenters. The maximum Gasteiger partial charge on any atom is 0.314 e. The van der Waals surface area contributed by atoms with E-state index in [0.29, 0.717) is 12.8 Å². The Bertz CT molecular complexity index is 301. The molecule has 90 valence electrons. The molecular formula is C11H16O5. The number of carbonyl (C=O) groups excluding carboxylic acids is 2. The summed E-state index contributed by atoms with van der Waals surface area (Å²) in [6, 6.07) is 0. The van der Waals surface area contributed by atoms with Crippen molar-refractivity contribution in [2.24, 2.45) is 5.41 Å². The summed E-state index contributed by atoms with van der Waals surface area (Å²) in [5, 5.41) is 9.18. The number of hydrogen-bond acceptors (Lipinski definition) is 4. The van der Waals surface area contributed by atoms with Crippen molar-refractivity contribution in [2.75, 3.05) is 0 Å². The summed E-state index contributed by atoms with van der Waals surface area (Å²) in [5.74, 6) is -2.40. The molecule has 0 bridgehead atoms. The Hall–Kier alpha value is -1.39. The van der Waals surface area contributed by atoms with E-state index in [4.69, 9.17) is 0 Å². The summed E-state index contributed by atoms with van der Waals surface area (Å²) in [6.07, 6.45) is 3.36. The van der Waals surface area contributed by atoms with Crippen molar-refractivity contribution in [1.29, 1.82) is 0 Å². The number of rotatable bonds is 3. The van der Waals surface area contributed by atoms with Crippen LogP contribution >= 0.6 is 0 Å². The van der Waals surface area contributed by atoms with E-state index >= 15 is 0 Å². The van der Waals surface area contributed by atoms with Crippen LogP contribution in [0.5, 0.6) is 0 Å². The van der Waals surface area contributed by atoms with Gasteiger partial charge < -0.3 is 9.84 Å². The summed E-state index contributed by atoms with van der Waals surface area (Å²) in [7, 11) is 0. The van der Waals surface area contributed by atoms with Crippen LogP contribution in [-0.4, -0.2) is 23.0 Å². The highest BCUT2D eigenvalue weighted by molar-refractivity contribution is 5.88. The average molecular weight is 228 g/mol. The van der Waals surface area contributed by atoms with Crippen molar-refractivity contribution in [2.45, 2.75) is 45.4 Å². The van der Waals surface area contributed by atoms with Gasteiger partial charge in [0.2, 0.25) is 0 Å². The SMILES string of the molecule is CC(=O)OC(=O)CC1(C(=O)O)CCCCC1. The minimum Gasteiger partial charge on any atom is -0.481 e. The second-order valence-electron chi connectivity index (χ2n) is 4.29. The van der Waals surface area contributed by atoms with E-state index in [0.717, 1.165) is 26.2 Å². The largest absolute Gasteiger partial charge is 0.481 e. The third-order valence-corrected chi connectivity index (χ3v) is 3.00. The average Bonchev–Trinajstić information content (AvgIpc) is 2.17. The second-order valence-corrected chi connectivity index (χ2v) is 4.29. The van der Waals surface area contributed by atoms with Gasteiger partial charge in [-0.05, 0) is 12.8 Å². The molecule has 1 fully saturated rings. The van der Waals surface area contributed by atoms with E-state index in [1.54, 1.807) is 0 Å². The van der Waals surface area contributed by atoms with Gasteiger partial charge in [0.25, 0.3) is 0 Å². The summed E-state index contributed by atoms with van der Waals surface area (Å²) >= 11 is 0. The van der Waals surface area contributed by atoms with Gasteiger partial charge in [0.15, 0.2) is 0 Å². The molecule has 0 aromatic rings. The van der Waals surface area contributed by atoms with Crippen molar-refractivity contribution >= 4 is 17.9 Å². The van der Waals surface area contributed by atoms with Crippen molar-refractivity contribution < 1.29 is 24.2 Å². The predicted molar refractivity (Wildman–Crippen MR) is 54.5 cm³/mol. The Morgan fingerprint density at radius 2 is 1.75 bits per heavy atom. The highest BCUT2D eigenvalue weighted by Crippen LogP contribution is 2.39. The van der Waals surface area contributed by atoms with Crippen LogP contribution in [0.2, 0.25) is 0 Å². The molecule has 0 aromatic carbocycles. The molecule has 0 aliphatic heterocycles. The van der Waals surface area contributed by atoms with Crippen LogP contribution in [-0.2, 0) is 19.1 Å². The van der Waals surface area contributed by atoms with Gasteiger partial charge in [-0.25, -0.2) is 0 Å². The molecule has 5 heteroatoms. The summed E-state index contributed by atoms with van der Waals surface area (Å²) in [4.78, 5) is 33.1. The number of aliphatic carboxylic acids is 1. The van der Waals surface area contributed by atoms with Crippen molar-refractivity contribution in [1.82, 2.24) is 0 Å². The number of carboxylic acids is 1. The molecule has 1 saturated carbocycles. The van der Waals surface area contributed by atoms with E-state index in [2.05, 4.69) is 4.74 Å². The zero-order valence-corrected chi connectivity index (χ0v) is 9.32. The molecule has 0 aromatic heterocycles. The third kappa shape index (κ3) is 3.05. The van der Waals surface area contributed by atoms with Gasteiger partial charge in [0, 0.05) is 6.92 Å². The molecule has 1 N–H and O–H groups in total. The molecule has 0 saturated heterocycles.